The van der Waals surface area contributed by atoms with Crippen molar-refractivity contribution in [3.05, 3.63) is 35.2 Å². The first kappa shape index (κ1) is 14.3. The fourth-order valence-corrected chi connectivity index (χ4v) is 2.83. The molecule has 112 valence electrons. The molecule has 6 nitrogen and oxygen atoms in total. The van der Waals surface area contributed by atoms with Gasteiger partial charge in [-0.1, -0.05) is 11.6 Å². The number of aromatic nitrogens is 2. The molecule has 1 saturated heterocycles. The van der Waals surface area contributed by atoms with E-state index >= 15 is 0 Å². The number of nitrogens with zero attached hydrogens (tertiary/aromatic N) is 3. The SMILES string of the molecule is CNC(=O)C1CNCCN1Cc1cn2cc(Cl)ccc2n1. The number of nitrogens with one attached hydrogen (secondary N) is 2. The third-order valence-electron chi connectivity index (χ3n) is 3.73. The molecule has 0 spiro atoms. The van der Waals surface area contributed by atoms with E-state index in [2.05, 4.69) is 20.5 Å². The first-order valence-electron chi connectivity index (χ1n) is 6.97. The smallest absolute Gasteiger partial charge is 0.238 e. The zero-order chi connectivity index (χ0) is 14.8. The van der Waals surface area contributed by atoms with E-state index < -0.39 is 0 Å². The van der Waals surface area contributed by atoms with E-state index in [0.717, 1.165) is 24.4 Å². The number of hydrogen-bond donors (Lipinski definition) is 2. The van der Waals surface area contributed by atoms with Crippen LogP contribution in [0.4, 0.5) is 0 Å². The van der Waals surface area contributed by atoms with Gasteiger partial charge in [0.2, 0.25) is 5.91 Å². The molecule has 2 aromatic heterocycles. The first-order valence-corrected chi connectivity index (χ1v) is 7.34. The Morgan fingerprint density at radius 2 is 2.38 bits per heavy atom. The van der Waals surface area contributed by atoms with Gasteiger partial charge in [0.05, 0.1) is 10.7 Å². The maximum atomic E-state index is 11.9. The fourth-order valence-electron chi connectivity index (χ4n) is 2.66. The Morgan fingerprint density at radius 1 is 1.52 bits per heavy atom. The second-order valence-corrected chi connectivity index (χ2v) is 5.59. The monoisotopic (exact) mass is 307 g/mol. The van der Waals surface area contributed by atoms with Crippen molar-refractivity contribution in [1.29, 1.82) is 0 Å². The summed E-state index contributed by atoms with van der Waals surface area (Å²) in [6.07, 6.45) is 3.80. The summed E-state index contributed by atoms with van der Waals surface area (Å²) in [6, 6.07) is 3.56. The quantitative estimate of drug-likeness (QED) is 0.867. The average molecular weight is 308 g/mol. The van der Waals surface area contributed by atoms with Gasteiger partial charge in [-0.15, -0.1) is 0 Å². The van der Waals surface area contributed by atoms with Crippen molar-refractivity contribution in [3.8, 4) is 0 Å². The number of carbonyl (C=O) groups is 1. The van der Waals surface area contributed by atoms with E-state index in [-0.39, 0.29) is 11.9 Å². The average Bonchev–Trinajstić information content (AvgIpc) is 2.88. The molecular formula is C14H18ClN5O. The Labute approximate surface area is 128 Å². The van der Waals surface area contributed by atoms with Crippen LogP contribution < -0.4 is 10.6 Å². The minimum absolute atomic E-state index is 0.0361. The normalized spacial score (nSPS) is 19.8. The molecule has 0 saturated carbocycles. The second kappa shape index (κ2) is 6.01. The third-order valence-corrected chi connectivity index (χ3v) is 3.96. The highest BCUT2D eigenvalue weighted by molar-refractivity contribution is 6.30. The topological polar surface area (TPSA) is 61.7 Å². The van der Waals surface area contributed by atoms with Crippen LogP contribution in [-0.2, 0) is 11.3 Å². The predicted octanol–water partition coefficient (Wildman–Crippen LogP) is 0.508. The summed E-state index contributed by atoms with van der Waals surface area (Å²) in [4.78, 5) is 18.7. The molecule has 1 aliphatic rings. The second-order valence-electron chi connectivity index (χ2n) is 5.15. The highest BCUT2D eigenvalue weighted by atomic mass is 35.5. The van der Waals surface area contributed by atoms with Gasteiger partial charge < -0.3 is 15.0 Å². The molecule has 2 aromatic rings. The van der Waals surface area contributed by atoms with Gasteiger partial charge in [0, 0.05) is 45.6 Å². The summed E-state index contributed by atoms with van der Waals surface area (Å²) in [5.74, 6) is 0.0361. The molecule has 1 atom stereocenters. The third kappa shape index (κ3) is 3.02. The lowest BCUT2D eigenvalue weighted by Crippen LogP contribution is -2.56. The van der Waals surface area contributed by atoms with Gasteiger partial charge in [0.15, 0.2) is 0 Å². The summed E-state index contributed by atoms with van der Waals surface area (Å²) in [7, 11) is 1.67. The number of halogens is 1. The standard InChI is InChI=1S/C14H18ClN5O/c1-16-14(21)12-6-17-4-5-19(12)8-11-9-20-7-10(15)2-3-13(20)18-11/h2-3,7,9,12,17H,4-6,8H2,1H3,(H,16,21). The van der Waals surface area contributed by atoms with E-state index in [1.165, 1.54) is 0 Å². The van der Waals surface area contributed by atoms with Crippen LogP contribution in [0.1, 0.15) is 5.69 Å². The van der Waals surface area contributed by atoms with Crippen molar-refractivity contribution in [2.24, 2.45) is 0 Å². The van der Waals surface area contributed by atoms with E-state index in [9.17, 15) is 4.79 Å². The fraction of sp³-hybridized carbons (Fsp3) is 0.429. The van der Waals surface area contributed by atoms with Crippen molar-refractivity contribution in [3.63, 3.8) is 0 Å². The lowest BCUT2D eigenvalue weighted by molar-refractivity contribution is -0.126. The number of carbonyl (C=O) groups excluding carboxylic acids is 1. The van der Waals surface area contributed by atoms with Crippen LogP contribution in [0.15, 0.2) is 24.5 Å². The van der Waals surface area contributed by atoms with Gasteiger partial charge in [-0.05, 0) is 12.1 Å². The summed E-state index contributed by atoms with van der Waals surface area (Å²) < 4.78 is 1.91. The minimum atomic E-state index is -0.155. The van der Waals surface area contributed by atoms with Gasteiger partial charge in [-0.2, -0.15) is 0 Å². The van der Waals surface area contributed by atoms with E-state index in [1.807, 2.05) is 28.9 Å². The molecule has 0 radical (unpaired) electrons. The van der Waals surface area contributed by atoms with Crippen molar-refractivity contribution in [1.82, 2.24) is 24.9 Å². The molecule has 1 amide bonds. The minimum Gasteiger partial charge on any atom is -0.358 e. The summed E-state index contributed by atoms with van der Waals surface area (Å²) in [5, 5.41) is 6.65. The Balaban J connectivity index is 1.80. The number of amides is 1. The Hall–Kier alpha value is -1.63. The zero-order valence-electron chi connectivity index (χ0n) is 11.8. The van der Waals surface area contributed by atoms with Crippen LogP contribution in [-0.4, -0.2) is 52.9 Å². The first-order chi connectivity index (χ1) is 10.2. The van der Waals surface area contributed by atoms with Gasteiger partial charge in [-0.25, -0.2) is 4.98 Å². The van der Waals surface area contributed by atoms with Gasteiger partial charge in [-0.3, -0.25) is 9.69 Å². The summed E-state index contributed by atoms with van der Waals surface area (Å²) in [6.45, 7) is 3.03. The van der Waals surface area contributed by atoms with Crippen molar-refractivity contribution in [2.75, 3.05) is 26.7 Å². The largest absolute Gasteiger partial charge is 0.358 e. The number of fused-ring (bicyclic) bond motifs is 1. The van der Waals surface area contributed by atoms with Crippen LogP contribution in [0.3, 0.4) is 0 Å². The highest BCUT2D eigenvalue weighted by Crippen LogP contribution is 2.14. The van der Waals surface area contributed by atoms with Crippen molar-refractivity contribution < 1.29 is 4.79 Å². The number of likely N-dealkylation sites (N-methyl/N-ethyl adjacent to an activating group) is 1. The van der Waals surface area contributed by atoms with E-state index in [0.29, 0.717) is 18.1 Å². The molecule has 2 N–H and O–H groups in total. The van der Waals surface area contributed by atoms with Crippen molar-refractivity contribution in [2.45, 2.75) is 12.6 Å². The van der Waals surface area contributed by atoms with Crippen LogP contribution in [0.2, 0.25) is 5.02 Å². The van der Waals surface area contributed by atoms with Gasteiger partial charge >= 0.3 is 0 Å². The molecule has 3 rings (SSSR count). The van der Waals surface area contributed by atoms with Crippen LogP contribution in [0.25, 0.3) is 5.65 Å². The maximum Gasteiger partial charge on any atom is 0.238 e. The molecule has 21 heavy (non-hydrogen) atoms. The molecule has 0 aromatic carbocycles. The lowest BCUT2D eigenvalue weighted by atomic mass is 10.1. The lowest BCUT2D eigenvalue weighted by Gasteiger charge is -2.34. The molecule has 3 heterocycles. The summed E-state index contributed by atoms with van der Waals surface area (Å²) in [5.41, 5.74) is 1.80. The molecular weight excluding hydrogens is 290 g/mol. The zero-order valence-corrected chi connectivity index (χ0v) is 12.6. The Kier molecular flexibility index (Phi) is 4.10. The Bertz CT molecular complexity index is 656. The molecule has 1 fully saturated rings. The van der Waals surface area contributed by atoms with Gasteiger partial charge in [0.25, 0.3) is 0 Å². The molecule has 7 heteroatoms. The number of hydrogen-bond acceptors (Lipinski definition) is 4. The maximum absolute atomic E-state index is 11.9. The number of imidazole rings is 1. The van der Waals surface area contributed by atoms with E-state index in [1.54, 1.807) is 7.05 Å². The summed E-state index contributed by atoms with van der Waals surface area (Å²) >= 11 is 5.98. The highest BCUT2D eigenvalue weighted by Gasteiger charge is 2.28. The molecule has 1 aliphatic heterocycles. The van der Waals surface area contributed by atoms with Crippen LogP contribution in [0.5, 0.6) is 0 Å². The van der Waals surface area contributed by atoms with Gasteiger partial charge in [0.1, 0.15) is 11.7 Å². The number of rotatable bonds is 3. The van der Waals surface area contributed by atoms with Crippen LogP contribution in [0, 0.1) is 0 Å². The molecule has 1 unspecified atom stereocenters. The van der Waals surface area contributed by atoms with Crippen LogP contribution >= 0.6 is 11.6 Å². The molecule has 0 bridgehead atoms. The van der Waals surface area contributed by atoms with E-state index in [4.69, 9.17) is 11.6 Å². The Morgan fingerprint density at radius 3 is 3.19 bits per heavy atom. The molecule has 0 aliphatic carbocycles. The predicted molar refractivity (Wildman–Crippen MR) is 81.3 cm³/mol. The van der Waals surface area contributed by atoms with Crippen molar-refractivity contribution >= 4 is 23.2 Å². The number of pyridine rings is 1. The number of piperazine rings is 1.